The molecule has 1 aliphatic heterocycles. The number of hydrogen-bond acceptors (Lipinski definition) is 4. The van der Waals surface area contributed by atoms with E-state index in [-0.39, 0.29) is 5.54 Å². The second-order valence-corrected chi connectivity index (χ2v) is 5.05. The molecule has 1 aromatic rings. The number of aliphatic imine (C=N–C) groups is 1. The van der Waals surface area contributed by atoms with Gasteiger partial charge >= 0.3 is 0 Å². The third-order valence-corrected chi connectivity index (χ3v) is 3.84. The van der Waals surface area contributed by atoms with Gasteiger partial charge in [0.05, 0.1) is 17.4 Å². The van der Waals surface area contributed by atoms with Gasteiger partial charge in [-0.2, -0.15) is 5.10 Å². The highest BCUT2D eigenvalue weighted by atomic mass is 32.2. The molecule has 1 aromatic heterocycles. The minimum atomic E-state index is 0.106. The van der Waals surface area contributed by atoms with Gasteiger partial charge in [-0.25, -0.2) is 0 Å². The second-order valence-electron chi connectivity index (χ2n) is 4.08. The van der Waals surface area contributed by atoms with Crippen molar-refractivity contribution >= 4 is 22.6 Å². The van der Waals surface area contributed by atoms with Crippen LogP contribution in [0.15, 0.2) is 17.4 Å². The summed E-state index contributed by atoms with van der Waals surface area (Å²) in [6, 6.07) is 0. The second kappa shape index (κ2) is 3.89. The highest BCUT2D eigenvalue weighted by molar-refractivity contribution is 8.14. The summed E-state index contributed by atoms with van der Waals surface area (Å²) in [5, 5.41) is 8.39. The third-order valence-electron chi connectivity index (χ3n) is 2.61. The predicted molar refractivity (Wildman–Crippen MR) is 65.4 cm³/mol. The fraction of sp³-hybridized carbons (Fsp3) is 0.600. The minimum Gasteiger partial charge on any atom is -0.332 e. The highest BCUT2D eigenvalue weighted by Crippen LogP contribution is 2.30. The molecule has 1 unspecified atom stereocenters. The highest BCUT2D eigenvalue weighted by Gasteiger charge is 2.28. The Balaban J connectivity index is 2.05. The molecule has 0 saturated heterocycles. The van der Waals surface area contributed by atoms with E-state index in [4.69, 9.17) is 0 Å². The van der Waals surface area contributed by atoms with Gasteiger partial charge in [-0.1, -0.05) is 18.7 Å². The smallest absolute Gasteiger partial charge is 0.161 e. The van der Waals surface area contributed by atoms with Crippen molar-refractivity contribution in [1.29, 1.82) is 0 Å². The molecule has 0 spiro atoms. The molecule has 82 valence electrons. The number of thioether (sulfide) groups is 1. The van der Waals surface area contributed by atoms with Crippen molar-refractivity contribution in [3.63, 3.8) is 0 Å². The first-order chi connectivity index (χ1) is 7.11. The van der Waals surface area contributed by atoms with E-state index >= 15 is 0 Å². The van der Waals surface area contributed by atoms with E-state index in [9.17, 15) is 0 Å². The Hall–Kier alpha value is -0.970. The number of amidine groups is 1. The number of aromatic nitrogens is 2. The first-order valence-corrected chi connectivity index (χ1v) is 6.08. The first kappa shape index (κ1) is 10.5. The number of hydrogen-bond donors (Lipinski definition) is 1. The summed E-state index contributed by atoms with van der Waals surface area (Å²) in [4.78, 5) is 4.67. The molecule has 2 heterocycles. The molecule has 2 rings (SSSR count). The van der Waals surface area contributed by atoms with Crippen molar-refractivity contribution in [3.8, 4) is 0 Å². The number of nitrogens with one attached hydrogen (secondary N) is 1. The average molecular weight is 224 g/mol. The molecule has 1 N–H and O–H groups in total. The summed E-state index contributed by atoms with van der Waals surface area (Å²) in [6.07, 6.45) is 4.84. The maximum absolute atomic E-state index is 4.67. The van der Waals surface area contributed by atoms with Crippen molar-refractivity contribution in [2.45, 2.75) is 25.8 Å². The summed E-state index contributed by atoms with van der Waals surface area (Å²) in [5.41, 5.74) is 1.11. The molecular weight excluding hydrogens is 208 g/mol. The molecule has 0 saturated carbocycles. The summed E-state index contributed by atoms with van der Waals surface area (Å²) >= 11 is 1.78. The SMILES string of the molecule is CCC1(C)CSC(Nc2cnn(C)c2)=N1. The Bertz CT molecular complexity index is 385. The normalized spacial score (nSPS) is 25.4. The van der Waals surface area contributed by atoms with E-state index in [2.05, 4.69) is 29.3 Å². The topological polar surface area (TPSA) is 42.2 Å². The summed E-state index contributed by atoms with van der Waals surface area (Å²) in [5.74, 6) is 1.06. The molecule has 0 fully saturated rings. The predicted octanol–water partition coefficient (Wildman–Crippen LogP) is 2.10. The number of aryl methyl sites for hydroxylation is 1. The van der Waals surface area contributed by atoms with Crippen molar-refractivity contribution < 1.29 is 0 Å². The Kier molecular flexibility index (Phi) is 2.73. The van der Waals surface area contributed by atoms with Gasteiger partial charge in [-0.05, 0) is 13.3 Å². The van der Waals surface area contributed by atoms with Crippen molar-refractivity contribution in [3.05, 3.63) is 12.4 Å². The molecule has 0 amide bonds. The molecule has 0 radical (unpaired) electrons. The van der Waals surface area contributed by atoms with Crippen LogP contribution in [0.2, 0.25) is 0 Å². The van der Waals surface area contributed by atoms with Crippen LogP contribution in [-0.4, -0.2) is 26.2 Å². The molecule has 1 aliphatic rings. The van der Waals surface area contributed by atoms with Gasteiger partial charge in [0.1, 0.15) is 0 Å². The van der Waals surface area contributed by atoms with Crippen molar-refractivity contribution in [2.24, 2.45) is 12.0 Å². The lowest BCUT2D eigenvalue weighted by Gasteiger charge is -2.15. The molecule has 0 aromatic carbocycles. The van der Waals surface area contributed by atoms with E-state index in [1.54, 1.807) is 16.4 Å². The van der Waals surface area contributed by atoms with Crippen molar-refractivity contribution in [1.82, 2.24) is 9.78 Å². The van der Waals surface area contributed by atoms with E-state index < -0.39 is 0 Å². The zero-order valence-electron chi connectivity index (χ0n) is 9.32. The van der Waals surface area contributed by atoms with Crippen LogP contribution in [0.25, 0.3) is 0 Å². The van der Waals surface area contributed by atoms with Gasteiger partial charge in [0.25, 0.3) is 0 Å². The molecule has 4 nitrogen and oxygen atoms in total. The largest absolute Gasteiger partial charge is 0.332 e. The quantitative estimate of drug-likeness (QED) is 0.836. The van der Waals surface area contributed by atoms with Crippen LogP contribution < -0.4 is 5.32 Å². The Morgan fingerprint density at radius 1 is 1.67 bits per heavy atom. The Morgan fingerprint density at radius 2 is 2.47 bits per heavy atom. The first-order valence-electron chi connectivity index (χ1n) is 5.10. The number of anilines is 1. The zero-order valence-corrected chi connectivity index (χ0v) is 10.1. The number of rotatable bonds is 2. The zero-order chi connectivity index (χ0) is 10.9. The summed E-state index contributed by atoms with van der Waals surface area (Å²) in [6.45, 7) is 4.37. The average Bonchev–Trinajstić information content (AvgIpc) is 2.76. The summed E-state index contributed by atoms with van der Waals surface area (Å²) in [7, 11) is 1.91. The molecule has 0 aliphatic carbocycles. The maximum atomic E-state index is 4.67. The maximum Gasteiger partial charge on any atom is 0.161 e. The van der Waals surface area contributed by atoms with Crippen LogP contribution in [-0.2, 0) is 7.05 Å². The van der Waals surface area contributed by atoms with Crippen LogP contribution in [0.5, 0.6) is 0 Å². The van der Waals surface area contributed by atoms with E-state index in [1.165, 1.54) is 0 Å². The van der Waals surface area contributed by atoms with Gasteiger partial charge < -0.3 is 5.32 Å². The molecule has 5 heteroatoms. The Labute approximate surface area is 94.2 Å². The van der Waals surface area contributed by atoms with Crippen LogP contribution in [0.1, 0.15) is 20.3 Å². The van der Waals surface area contributed by atoms with E-state index in [0.717, 1.165) is 23.0 Å². The molecule has 1 atom stereocenters. The molecular formula is C10H16N4S. The van der Waals surface area contributed by atoms with Gasteiger partial charge in [0.15, 0.2) is 5.17 Å². The van der Waals surface area contributed by atoms with Crippen molar-refractivity contribution in [2.75, 3.05) is 11.1 Å². The number of nitrogens with zero attached hydrogens (tertiary/aromatic N) is 3. The lowest BCUT2D eigenvalue weighted by molar-refractivity contribution is 0.523. The molecule has 15 heavy (non-hydrogen) atoms. The fourth-order valence-corrected chi connectivity index (χ4v) is 2.58. The van der Waals surface area contributed by atoms with Gasteiger partial charge in [0, 0.05) is 19.0 Å². The van der Waals surface area contributed by atoms with E-state index in [0.29, 0.717) is 0 Å². The van der Waals surface area contributed by atoms with Crippen LogP contribution >= 0.6 is 11.8 Å². The van der Waals surface area contributed by atoms with Crippen LogP contribution in [0, 0.1) is 0 Å². The Morgan fingerprint density at radius 3 is 3.00 bits per heavy atom. The standard InChI is InChI=1S/C10H16N4S/c1-4-10(2)7-15-9(13-10)12-8-5-11-14(3)6-8/h5-6H,4,7H2,1-3H3,(H,12,13). The lowest BCUT2D eigenvalue weighted by atomic mass is 10.0. The van der Waals surface area contributed by atoms with Gasteiger partial charge in [-0.15, -0.1) is 0 Å². The minimum absolute atomic E-state index is 0.106. The summed E-state index contributed by atoms with van der Waals surface area (Å²) < 4.78 is 1.78. The molecule has 0 bridgehead atoms. The fourth-order valence-electron chi connectivity index (χ4n) is 1.39. The monoisotopic (exact) mass is 224 g/mol. The van der Waals surface area contributed by atoms with Crippen LogP contribution in [0.3, 0.4) is 0 Å². The van der Waals surface area contributed by atoms with Gasteiger partial charge in [0.2, 0.25) is 0 Å². The third kappa shape index (κ3) is 2.34. The lowest BCUT2D eigenvalue weighted by Crippen LogP contribution is -2.20. The van der Waals surface area contributed by atoms with Gasteiger partial charge in [-0.3, -0.25) is 9.67 Å². The van der Waals surface area contributed by atoms with E-state index in [1.807, 2.05) is 19.4 Å². The van der Waals surface area contributed by atoms with Crippen LogP contribution in [0.4, 0.5) is 5.69 Å².